The van der Waals surface area contributed by atoms with Crippen LogP contribution >= 0.6 is 11.8 Å². The number of carbonyl (C=O) groups is 4. The molecule has 0 aliphatic carbocycles. The highest BCUT2D eigenvalue weighted by molar-refractivity contribution is 8.18. The van der Waals surface area contributed by atoms with Crippen molar-refractivity contribution >= 4 is 41.2 Å². The Balaban J connectivity index is 1.54. The monoisotopic (exact) mass is 395 g/mol. The molecular weight excluding hydrogens is 378 g/mol. The van der Waals surface area contributed by atoms with Crippen LogP contribution in [0.5, 0.6) is 5.75 Å². The van der Waals surface area contributed by atoms with Crippen molar-refractivity contribution in [2.75, 3.05) is 6.54 Å². The minimum absolute atomic E-state index is 0.0205. The molecule has 2 amide bonds. The van der Waals surface area contributed by atoms with Crippen LogP contribution in [0.3, 0.4) is 0 Å². The molecule has 0 bridgehead atoms. The first-order valence-corrected chi connectivity index (χ1v) is 9.45. The number of hydrogen-bond donors (Lipinski definition) is 0. The smallest absolute Gasteiger partial charge is 0.311 e. The van der Waals surface area contributed by atoms with E-state index < -0.39 is 5.97 Å². The maximum Gasteiger partial charge on any atom is 0.311 e. The van der Waals surface area contributed by atoms with Crippen LogP contribution in [0, 0.1) is 0 Å². The molecule has 3 rings (SSSR count). The standard InChI is InChI=1S/C21H17NO5S/c23-14-16-9-4-5-10-17(16)27-19(24)11-6-12-22-20(25)18(28-21(22)26)13-15-7-2-1-3-8-15/h1-5,7-10,13-14H,6,11-12H2/b18-13-. The number of thioether (sulfide) groups is 1. The van der Waals surface area contributed by atoms with Crippen LogP contribution in [0.25, 0.3) is 6.08 Å². The predicted molar refractivity (Wildman–Crippen MR) is 106 cm³/mol. The highest BCUT2D eigenvalue weighted by Gasteiger charge is 2.34. The van der Waals surface area contributed by atoms with Crippen LogP contribution in [-0.4, -0.2) is 34.8 Å². The van der Waals surface area contributed by atoms with E-state index in [0.29, 0.717) is 11.2 Å². The Labute approximate surface area is 166 Å². The van der Waals surface area contributed by atoms with Crippen LogP contribution in [0.2, 0.25) is 0 Å². The topological polar surface area (TPSA) is 80.8 Å². The van der Waals surface area contributed by atoms with Gasteiger partial charge in [-0.25, -0.2) is 0 Å². The minimum Gasteiger partial charge on any atom is -0.426 e. The number of hydrogen-bond acceptors (Lipinski definition) is 6. The molecule has 6 nitrogen and oxygen atoms in total. The molecule has 1 heterocycles. The number of nitrogens with zero attached hydrogens (tertiary/aromatic N) is 1. The lowest BCUT2D eigenvalue weighted by Gasteiger charge is -2.12. The highest BCUT2D eigenvalue weighted by Crippen LogP contribution is 2.32. The van der Waals surface area contributed by atoms with Gasteiger partial charge in [0, 0.05) is 13.0 Å². The molecule has 0 N–H and O–H groups in total. The van der Waals surface area contributed by atoms with E-state index >= 15 is 0 Å². The number of esters is 1. The second kappa shape index (κ2) is 9.14. The van der Waals surface area contributed by atoms with Crippen molar-refractivity contribution in [2.45, 2.75) is 12.8 Å². The first kappa shape index (κ1) is 19.6. The van der Waals surface area contributed by atoms with Gasteiger partial charge in [0.15, 0.2) is 6.29 Å². The van der Waals surface area contributed by atoms with E-state index in [-0.39, 0.29) is 41.8 Å². The van der Waals surface area contributed by atoms with Gasteiger partial charge in [-0.15, -0.1) is 0 Å². The van der Waals surface area contributed by atoms with Gasteiger partial charge < -0.3 is 4.74 Å². The molecule has 1 aliphatic heterocycles. The third-order valence-corrected chi connectivity index (χ3v) is 4.91. The zero-order valence-electron chi connectivity index (χ0n) is 14.9. The summed E-state index contributed by atoms with van der Waals surface area (Å²) in [4.78, 5) is 49.0. The van der Waals surface area contributed by atoms with E-state index in [1.807, 2.05) is 30.3 Å². The largest absolute Gasteiger partial charge is 0.426 e. The lowest BCUT2D eigenvalue weighted by Crippen LogP contribution is -2.29. The van der Waals surface area contributed by atoms with Gasteiger partial charge in [-0.3, -0.25) is 24.1 Å². The number of amides is 2. The molecule has 28 heavy (non-hydrogen) atoms. The van der Waals surface area contributed by atoms with E-state index in [1.54, 1.807) is 24.3 Å². The molecule has 7 heteroatoms. The van der Waals surface area contributed by atoms with Gasteiger partial charge in [-0.2, -0.15) is 0 Å². The fourth-order valence-electron chi connectivity index (χ4n) is 2.62. The third-order valence-electron chi connectivity index (χ3n) is 4.00. The number of rotatable bonds is 7. The summed E-state index contributed by atoms with van der Waals surface area (Å²) in [5, 5.41) is -0.355. The number of imide groups is 1. The zero-order valence-corrected chi connectivity index (χ0v) is 15.7. The molecule has 0 radical (unpaired) electrons. The predicted octanol–water partition coefficient (Wildman–Crippen LogP) is 3.92. The Bertz CT molecular complexity index is 939. The summed E-state index contributed by atoms with van der Waals surface area (Å²) in [7, 11) is 0. The Hall–Kier alpha value is -3.19. The molecule has 1 aliphatic rings. The first-order valence-electron chi connectivity index (χ1n) is 8.64. The molecule has 0 aromatic heterocycles. The Morgan fingerprint density at radius 1 is 1.04 bits per heavy atom. The number of benzene rings is 2. The lowest BCUT2D eigenvalue weighted by atomic mass is 10.2. The fraction of sp³-hybridized carbons (Fsp3) is 0.143. The molecular formula is C21H17NO5S. The van der Waals surface area contributed by atoms with Crippen molar-refractivity contribution in [3.8, 4) is 5.75 Å². The van der Waals surface area contributed by atoms with Crippen LogP contribution in [-0.2, 0) is 9.59 Å². The Morgan fingerprint density at radius 3 is 2.50 bits per heavy atom. The second-order valence-electron chi connectivity index (χ2n) is 5.98. The fourth-order valence-corrected chi connectivity index (χ4v) is 3.48. The zero-order chi connectivity index (χ0) is 19.9. The highest BCUT2D eigenvalue weighted by atomic mass is 32.2. The maximum absolute atomic E-state index is 12.4. The summed E-state index contributed by atoms with van der Waals surface area (Å²) in [6, 6.07) is 15.7. The molecule has 142 valence electrons. The van der Waals surface area contributed by atoms with E-state index in [4.69, 9.17) is 4.74 Å². The molecule has 0 spiro atoms. The summed E-state index contributed by atoms with van der Waals surface area (Å²) in [6.45, 7) is 0.126. The maximum atomic E-state index is 12.4. The number of carbonyl (C=O) groups excluding carboxylic acids is 4. The van der Waals surface area contributed by atoms with Crippen molar-refractivity contribution in [3.63, 3.8) is 0 Å². The van der Waals surface area contributed by atoms with Gasteiger partial charge in [-0.1, -0.05) is 42.5 Å². The van der Waals surface area contributed by atoms with Crippen molar-refractivity contribution < 1.29 is 23.9 Å². The molecule has 1 fully saturated rings. The van der Waals surface area contributed by atoms with Crippen molar-refractivity contribution in [1.82, 2.24) is 4.90 Å². The molecule has 0 unspecified atom stereocenters. The van der Waals surface area contributed by atoms with E-state index in [1.165, 1.54) is 6.07 Å². The number of ether oxygens (including phenoxy) is 1. The minimum atomic E-state index is -0.527. The quantitative estimate of drug-likeness (QED) is 0.306. The van der Waals surface area contributed by atoms with Gasteiger partial charge >= 0.3 is 5.97 Å². The van der Waals surface area contributed by atoms with Gasteiger partial charge in [0.1, 0.15) is 5.75 Å². The van der Waals surface area contributed by atoms with Gasteiger partial charge in [-0.05, 0) is 42.0 Å². The summed E-state index contributed by atoms with van der Waals surface area (Å²) < 4.78 is 5.18. The molecule has 0 atom stereocenters. The summed E-state index contributed by atoms with van der Waals surface area (Å²) in [5.74, 6) is -0.695. The summed E-state index contributed by atoms with van der Waals surface area (Å²) >= 11 is 0.887. The van der Waals surface area contributed by atoms with Crippen LogP contribution in [0.1, 0.15) is 28.8 Å². The normalized spacial score (nSPS) is 15.1. The average molecular weight is 395 g/mol. The first-order chi connectivity index (χ1) is 13.6. The molecule has 1 saturated heterocycles. The average Bonchev–Trinajstić information content (AvgIpc) is 2.96. The van der Waals surface area contributed by atoms with Crippen molar-refractivity contribution in [1.29, 1.82) is 0 Å². The number of aldehydes is 1. The second-order valence-corrected chi connectivity index (χ2v) is 6.97. The van der Waals surface area contributed by atoms with E-state index in [2.05, 4.69) is 0 Å². The molecule has 2 aromatic carbocycles. The summed E-state index contributed by atoms with van der Waals surface area (Å²) in [5.41, 5.74) is 1.12. The molecule has 0 saturated carbocycles. The van der Waals surface area contributed by atoms with Gasteiger partial charge in [0.25, 0.3) is 11.1 Å². The SMILES string of the molecule is O=Cc1ccccc1OC(=O)CCCN1C(=O)S/C(=C\c2ccccc2)C1=O. The van der Waals surface area contributed by atoms with Crippen LogP contribution in [0.4, 0.5) is 4.79 Å². The lowest BCUT2D eigenvalue weighted by molar-refractivity contribution is -0.135. The van der Waals surface area contributed by atoms with Crippen LogP contribution in [0.15, 0.2) is 59.5 Å². The van der Waals surface area contributed by atoms with Crippen LogP contribution < -0.4 is 4.74 Å². The third kappa shape index (κ3) is 4.75. The summed E-state index contributed by atoms with van der Waals surface area (Å²) in [6.07, 6.45) is 2.59. The Morgan fingerprint density at radius 2 is 1.75 bits per heavy atom. The van der Waals surface area contributed by atoms with E-state index in [9.17, 15) is 19.2 Å². The molecule has 2 aromatic rings. The van der Waals surface area contributed by atoms with Gasteiger partial charge in [0.2, 0.25) is 0 Å². The van der Waals surface area contributed by atoms with Crippen molar-refractivity contribution in [2.24, 2.45) is 0 Å². The van der Waals surface area contributed by atoms with Crippen molar-refractivity contribution in [3.05, 3.63) is 70.6 Å². The number of para-hydroxylation sites is 1. The van der Waals surface area contributed by atoms with E-state index in [0.717, 1.165) is 22.2 Å². The van der Waals surface area contributed by atoms with Gasteiger partial charge in [0.05, 0.1) is 10.5 Å². The Kier molecular flexibility index (Phi) is 6.39.